The van der Waals surface area contributed by atoms with Crippen LogP contribution in [-0.4, -0.2) is 11.5 Å². The van der Waals surface area contributed by atoms with Crippen molar-refractivity contribution in [1.29, 1.82) is 0 Å². The molecule has 0 aliphatic carbocycles. The van der Waals surface area contributed by atoms with Gasteiger partial charge < -0.3 is 5.73 Å². The fourth-order valence-corrected chi connectivity index (χ4v) is 2.50. The first kappa shape index (κ1) is 8.66. The van der Waals surface area contributed by atoms with Gasteiger partial charge in [-0.3, -0.25) is 4.98 Å². The summed E-state index contributed by atoms with van der Waals surface area (Å²) in [6.07, 6.45) is 2.73. The fraction of sp³-hybridized carbons (Fsp3) is 0.300. The molecule has 0 atom stereocenters. The molecule has 2 nitrogen and oxygen atoms in total. The van der Waals surface area contributed by atoms with Gasteiger partial charge >= 0.3 is 0 Å². The molecule has 2 aromatic rings. The Morgan fingerprint density at radius 2 is 2.38 bits per heavy atom. The van der Waals surface area contributed by atoms with E-state index in [1.54, 1.807) is 11.3 Å². The lowest BCUT2D eigenvalue weighted by Gasteiger charge is -2.00. The van der Waals surface area contributed by atoms with Crippen molar-refractivity contribution in [3.8, 4) is 0 Å². The van der Waals surface area contributed by atoms with Gasteiger partial charge in [0.05, 0.1) is 5.69 Å². The molecule has 2 heterocycles. The lowest BCUT2D eigenvalue weighted by molar-refractivity contribution is 0.935. The van der Waals surface area contributed by atoms with Crippen molar-refractivity contribution in [3.05, 3.63) is 28.9 Å². The van der Waals surface area contributed by atoms with Crippen LogP contribution >= 0.6 is 11.3 Å². The molecule has 0 aromatic carbocycles. The van der Waals surface area contributed by atoms with E-state index in [-0.39, 0.29) is 0 Å². The van der Waals surface area contributed by atoms with Gasteiger partial charge in [-0.2, -0.15) is 0 Å². The van der Waals surface area contributed by atoms with Crippen molar-refractivity contribution in [3.63, 3.8) is 0 Å². The van der Waals surface area contributed by atoms with E-state index < -0.39 is 0 Å². The summed E-state index contributed by atoms with van der Waals surface area (Å²) < 4.78 is 1.32. The molecule has 3 heteroatoms. The highest BCUT2D eigenvalue weighted by molar-refractivity contribution is 7.17. The normalized spacial score (nSPS) is 10.9. The molecule has 0 amide bonds. The topological polar surface area (TPSA) is 38.9 Å². The molecule has 0 unspecified atom stereocenters. The smallest absolute Gasteiger partial charge is 0.0505 e. The minimum Gasteiger partial charge on any atom is -0.330 e. The Kier molecular flexibility index (Phi) is 2.29. The quantitative estimate of drug-likeness (QED) is 0.791. The summed E-state index contributed by atoms with van der Waals surface area (Å²) in [5.41, 5.74) is 7.99. The lowest BCUT2D eigenvalue weighted by Crippen LogP contribution is -2.04. The van der Waals surface area contributed by atoms with Crippen molar-refractivity contribution in [2.45, 2.75) is 13.3 Å². The predicted octanol–water partition coefficient (Wildman–Crippen LogP) is 2.11. The molecule has 2 rings (SSSR count). The van der Waals surface area contributed by atoms with E-state index in [0.717, 1.165) is 12.1 Å². The summed E-state index contributed by atoms with van der Waals surface area (Å²) >= 11 is 1.77. The van der Waals surface area contributed by atoms with Crippen LogP contribution in [-0.2, 0) is 6.42 Å². The average molecular weight is 192 g/mol. The fourth-order valence-electron chi connectivity index (χ4n) is 1.54. The van der Waals surface area contributed by atoms with E-state index in [1.807, 2.05) is 6.20 Å². The molecule has 2 aromatic heterocycles. The van der Waals surface area contributed by atoms with Crippen molar-refractivity contribution in [2.24, 2.45) is 5.73 Å². The van der Waals surface area contributed by atoms with Crippen molar-refractivity contribution in [1.82, 2.24) is 4.98 Å². The Bertz CT molecular complexity index is 420. The summed E-state index contributed by atoms with van der Waals surface area (Å²) in [6, 6.07) is 2.06. The van der Waals surface area contributed by atoms with Crippen LogP contribution in [0.2, 0.25) is 0 Å². The number of aryl methyl sites for hydroxylation is 1. The molecule has 2 N–H and O–H groups in total. The highest BCUT2D eigenvalue weighted by atomic mass is 32.1. The molecule has 0 aliphatic heterocycles. The molecule has 0 radical (unpaired) electrons. The Morgan fingerprint density at radius 1 is 1.54 bits per heavy atom. The molecule has 0 fully saturated rings. The van der Waals surface area contributed by atoms with Crippen LogP contribution < -0.4 is 5.73 Å². The third-order valence-corrected chi connectivity index (χ3v) is 3.19. The maximum Gasteiger partial charge on any atom is 0.0505 e. The minimum atomic E-state index is 0.668. The molecule has 0 spiro atoms. The average Bonchev–Trinajstić information content (AvgIpc) is 2.50. The van der Waals surface area contributed by atoms with Gasteiger partial charge in [0.25, 0.3) is 0 Å². The molecule has 68 valence electrons. The zero-order chi connectivity index (χ0) is 9.26. The zero-order valence-electron chi connectivity index (χ0n) is 7.58. The number of aromatic nitrogens is 1. The minimum absolute atomic E-state index is 0.668. The molecule has 0 saturated carbocycles. The van der Waals surface area contributed by atoms with Gasteiger partial charge in [-0.1, -0.05) is 0 Å². The Morgan fingerprint density at radius 3 is 3.15 bits per heavy atom. The van der Waals surface area contributed by atoms with E-state index in [2.05, 4.69) is 23.4 Å². The zero-order valence-corrected chi connectivity index (χ0v) is 8.40. The number of rotatable bonds is 2. The second-order valence-corrected chi connectivity index (χ2v) is 4.00. The summed E-state index contributed by atoms with van der Waals surface area (Å²) in [5.74, 6) is 0. The molecule has 0 bridgehead atoms. The monoisotopic (exact) mass is 192 g/mol. The van der Waals surface area contributed by atoms with E-state index in [0.29, 0.717) is 6.54 Å². The number of nitrogens with zero attached hydrogens (tertiary/aromatic N) is 1. The van der Waals surface area contributed by atoms with Gasteiger partial charge in [-0.05, 0) is 30.5 Å². The van der Waals surface area contributed by atoms with E-state index in [9.17, 15) is 0 Å². The number of fused-ring (bicyclic) bond motifs is 1. The Balaban J connectivity index is 2.65. The van der Waals surface area contributed by atoms with Gasteiger partial charge in [0.15, 0.2) is 0 Å². The van der Waals surface area contributed by atoms with Crippen LogP contribution in [0.3, 0.4) is 0 Å². The summed E-state index contributed by atoms with van der Waals surface area (Å²) in [6.45, 7) is 2.79. The van der Waals surface area contributed by atoms with Crippen LogP contribution in [0.5, 0.6) is 0 Å². The van der Waals surface area contributed by atoms with Crippen molar-refractivity contribution >= 4 is 21.4 Å². The predicted molar refractivity (Wildman–Crippen MR) is 57.1 cm³/mol. The van der Waals surface area contributed by atoms with E-state index >= 15 is 0 Å². The van der Waals surface area contributed by atoms with Crippen molar-refractivity contribution < 1.29 is 0 Å². The highest BCUT2D eigenvalue weighted by Crippen LogP contribution is 2.27. The van der Waals surface area contributed by atoms with Crippen LogP contribution in [0.1, 0.15) is 11.3 Å². The summed E-state index contributed by atoms with van der Waals surface area (Å²) in [4.78, 5) is 4.36. The largest absolute Gasteiger partial charge is 0.330 e. The van der Waals surface area contributed by atoms with Crippen molar-refractivity contribution in [2.75, 3.05) is 6.54 Å². The first-order chi connectivity index (χ1) is 6.33. The molecular weight excluding hydrogens is 180 g/mol. The third-order valence-electron chi connectivity index (χ3n) is 2.13. The number of nitrogens with two attached hydrogens (primary N) is 1. The first-order valence-electron chi connectivity index (χ1n) is 4.34. The number of hydrogen-bond donors (Lipinski definition) is 1. The molecule has 0 aliphatic rings. The Hall–Kier alpha value is -0.930. The Labute approximate surface area is 81.4 Å². The first-order valence-corrected chi connectivity index (χ1v) is 5.22. The SMILES string of the molecule is Cc1csc2ccnc(CCN)c12. The second-order valence-electron chi connectivity index (χ2n) is 3.09. The molecule has 13 heavy (non-hydrogen) atoms. The maximum atomic E-state index is 5.53. The van der Waals surface area contributed by atoms with Crippen LogP contribution in [0.4, 0.5) is 0 Å². The molecular formula is C10H12N2S. The number of pyridine rings is 1. The highest BCUT2D eigenvalue weighted by Gasteiger charge is 2.05. The summed E-state index contributed by atoms with van der Waals surface area (Å²) in [7, 11) is 0. The van der Waals surface area contributed by atoms with E-state index in [4.69, 9.17) is 5.73 Å². The number of hydrogen-bond acceptors (Lipinski definition) is 3. The molecule has 0 saturated heterocycles. The lowest BCUT2D eigenvalue weighted by atomic mass is 10.1. The van der Waals surface area contributed by atoms with Gasteiger partial charge in [-0.25, -0.2) is 0 Å². The third kappa shape index (κ3) is 1.45. The van der Waals surface area contributed by atoms with Crippen LogP contribution in [0.25, 0.3) is 10.1 Å². The number of thiophene rings is 1. The van der Waals surface area contributed by atoms with Crippen LogP contribution in [0, 0.1) is 6.92 Å². The van der Waals surface area contributed by atoms with Gasteiger partial charge in [-0.15, -0.1) is 11.3 Å². The van der Waals surface area contributed by atoms with Gasteiger partial charge in [0.1, 0.15) is 0 Å². The summed E-state index contributed by atoms with van der Waals surface area (Å²) in [5, 5.41) is 3.48. The van der Waals surface area contributed by atoms with Crippen LogP contribution in [0.15, 0.2) is 17.6 Å². The second kappa shape index (κ2) is 3.44. The van der Waals surface area contributed by atoms with Gasteiger partial charge in [0.2, 0.25) is 0 Å². The van der Waals surface area contributed by atoms with E-state index in [1.165, 1.54) is 15.6 Å². The van der Waals surface area contributed by atoms with Gasteiger partial charge in [0, 0.05) is 22.7 Å². The standard InChI is InChI=1S/C10H12N2S/c1-7-6-13-9-3-5-12-8(2-4-11)10(7)9/h3,5-6H,2,4,11H2,1H3. The maximum absolute atomic E-state index is 5.53.